The maximum atomic E-state index is 4.93. The van der Waals surface area contributed by atoms with Crippen molar-refractivity contribution in [1.82, 2.24) is 0 Å². The fourth-order valence-corrected chi connectivity index (χ4v) is 7.56. The molecule has 0 aliphatic heterocycles. The standard InChI is InChI=1S/2C24H29.C2H6Si.2ClH.Zr/c2*1-4-7-11-18-16-21-15-14-20(10-5-2)24(23(21)17-18)22-13-9-8-12-19(22)6-3;1-3-2;;;/h2*8-9,12-17H,4-7,10-11H2,1-3H3;1-2H3;2*1H;/q2*-1;;;;+4/p-2. The molecule has 0 unspecified atom stereocenters. The third-order valence-corrected chi connectivity index (χ3v) is 10.1. The molecule has 0 aliphatic rings. The van der Waals surface area contributed by atoms with Gasteiger partial charge in [0, 0.05) is 9.52 Å². The average Bonchev–Trinajstić information content (AvgIpc) is 3.81. The second kappa shape index (κ2) is 25.8. The van der Waals surface area contributed by atoms with Crippen LogP contribution >= 0.6 is 17.0 Å². The van der Waals surface area contributed by atoms with Gasteiger partial charge in [0.1, 0.15) is 0 Å². The van der Waals surface area contributed by atoms with Crippen LogP contribution in [0.5, 0.6) is 0 Å². The van der Waals surface area contributed by atoms with Gasteiger partial charge in [0.05, 0.1) is 0 Å². The molecule has 2 radical (unpaired) electrons. The molecular formula is C50H64Cl2SiZr. The molecule has 0 N–H and O–H groups in total. The van der Waals surface area contributed by atoms with Crippen molar-refractivity contribution in [2.75, 3.05) is 0 Å². The number of benzene rings is 4. The zero-order valence-corrected chi connectivity index (χ0v) is 39.4. The number of hydrogen-bond donors (Lipinski definition) is 0. The van der Waals surface area contributed by atoms with Gasteiger partial charge in [-0.15, -0.1) is 69.1 Å². The Morgan fingerprint density at radius 1 is 0.500 bits per heavy atom. The van der Waals surface area contributed by atoms with E-state index in [2.05, 4.69) is 152 Å². The third-order valence-electron chi connectivity index (χ3n) is 10.1. The van der Waals surface area contributed by atoms with E-state index in [1.54, 1.807) is 0 Å². The maximum absolute atomic E-state index is 4.93. The van der Waals surface area contributed by atoms with Gasteiger partial charge in [-0.1, -0.05) is 164 Å². The van der Waals surface area contributed by atoms with Gasteiger partial charge >= 0.3 is 37.9 Å². The summed E-state index contributed by atoms with van der Waals surface area (Å²) in [7, 11) is 11.0. The van der Waals surface area contributed by atoms with E-state index in [0.717, 1.165) is 35.2 Å². The molecule has 0 saturated carbocycles. The van der Waals surface area contributed by atoms with Gasteiger partial charge in [0.25, 0.3) is 0 Å². The van der Waals surface area contributed by atoms with E-state index in [-0.39, 0.29) is 0 Å². The van der Waals surface area contributed by atoms with Gasteiger partial charge in [-0.05, 0) is 60.8 Å². The van der Waals surface area contributed by atoms with Gasteiger partial charge in [0.15, 0.2) is 0 Å². The van der Waals surface area contributed by atoms with Gasteiger partial charge in [-0.2, -0.15) is 12.1 Å². The van der Waals surface area contributed by atoms with E-state index < -0.39 is 20.8 Å². The molecule has 0 spiro atoms. The zero-order valence-electron chi connectivity index (χ0n) is 34.5. The van der Waals surface area contributed by atoms with E-state index in [0.29, 0.717) is 0 Å². The normalized spacial score (nSPS) is 10.6. The Balaban J connectivity index is 0.000000254. The Kier molecular flexibility index (Phi) is 22.1. The van der Waals surface area contributed by atoms with Crippen LogP contribution in [0.2, 0.25) is 13.1 Å². The topological polar surface area (TPSA) is 0 Å². The summed E-state index contributed by atoms with van der Waals surface area (Å²) in [6.07, 6.45) is 14.3. The fourth-order valence-electron chi connectivity index (χ4n) is 7.56. The minimum atomic E-state index is -0.826. The molecule has 6 aromatic carbocycles. The van der Waals surface area contributed by atoms with Crippen LogP contribution in [0.4, 0.5) is 0 Å². The summed E-state index contributed by atoms with van der Waals surface area (Å²) in [6.45, 7) is 17.9. The van der Waals surface area contributed by atoms with Crippen LogP contribution in [0.15, 0.2) is 97.1 Å². The number of aryl methyl sites for hydroxylation is 6. The fraction of sp³-hybridized carbons (Fsp3) is 0.400. The van der Waals surface area contributed by atoms with Crippen molar-refractivity contribution in [2.45, 2.75) is 132 Å². The Labute approximate surface area is 350 Å². The molecule has 0 aliphatic carbocycles. The molecule has 0 fully saturated rings. The molecule has 0 atom stereocenters. The average molecular weight is 855 g/mol. The number of hydrogen-bond acceptors (Lipinski definition) is 0. The van der Waals surface area contributed by atoms with Gasteiger partial charge in [-0.3, -0.25) is 0 Å². The predicted molar refractivity (Wildman–Crippen MR) is 243 cm³/mol. The molecule has 54 heavy (non-hydrogen) atoms. The van der Waals surface area contributed by atoms with Crippen molar-refractivity contribution in [3.05, 3.63) is 130 Å². The van der Waals surface area contributed by atoms with Crippen LogP contribution in [-0.2, 0) is 59.4 Å². The molecule has 0 amide bonds. The number of unbranched alkanes of at least 4 members (excludes halogenated alkanes) is 2. The third kappa shape index (κ3) is 12.9. The van der Waals surface area contributed by atoms with Gasteiger partial charge in [0.2, 0.25) is 0 Å². The first-order chi connectivity index (χ1) is 26.4. The molecule has 6 aromatic rings. The predicted octanol–water partition coefficient (Wildman–Crippen LogP) is 16.3. The summed E-state index contributed by atoms with van der Waals surface area (Å²) in [4.78, 5) is 0. The second-order valence-corrected chi connectivity index (χ2v) is 19.0. The summed E-state index contributed by atoms with van der Waals surface area (Å²) in [5.41, 5.74) is 14.7. The molecule has 0 bridgehead atoms. The quantitative estimate of drug-likeness (QED) is 0.0756. The minimum absolute atomic E-state index is 0.826. The number of fused-ring (bicyclic) bond motifs is 2. The van der Waals surface area contributed by atoms with Crippen molar-refractivity contribution in [2.24, 2.45) is 0 Å². The first kappa shape index (κ1) is 46.2. The summed E-state index contributed by atoms with van der Waals surface area (Å²) >= 11 is -0.826. The monoisotopic (exact) mass is 852 g/mol. The van der Waals surface area contributed by atoms with Gasteiger partial charge in [-0.25, -0.2) is 0 Å². The first-order valence-electron chi connectivity index (χ1n) is 20.5. The molecule has 0 aromatic heterocycles. The van der Waals surface area contributed by atoms with E-state index in [9.17, 15) is 0 Å². The summed E-state index contributed by atoms with van der Waals surface area (Å²) in [5, 5.41) is 5.71. The first-order valence-corrected chi connectivity index (χ1v) is 28.9. The van der Waals surface area contributed by atoms with Crippen molar-refractivity contribution in [1.29, 1.82) is 0 Å². The zero-order chi connectivity index (χ0) is 39.3. The Bertz CT molecular complexity index is 1810. The second-order valence-electron chi connectivity index (χ2n) is 14.2. The molecule has 4 heteroatoms. The van der Waals surface area contributed by atoms with Crippen LogP contribution < -0.4 is 0 Å². The molecule has 6 rings (SSSR count). The van der Waals surface area contributed by atoms with Crippen molar-refractivity contribution < 1.29 is 20.8 Å². The Hall–Kier alpha value is -2.22. The van der Waals surface area contributed by atoms with Crippen molar-refractivity contribution in [3.8, 4) is 22.3 Å². The number of halogens is 2. The van der Waals surface area contributed by atoms with Crippen molar-refractivity contribution in [3.63, 3.8) is 0 Å². The summed E-state index contributed by atoms with van der Waals surface area (Å²) in [6, 6.07) is 37.0. The van der Waals surface area contributed by atoms with Crippen LogP contribution in [0.25, 0.3) is 43.8 Å². The van der Waals surface area contributed by atoms with Crippen molar-refractivity contribution >= 4 is 48.1 Å². The Morgan fingerprint density at radius 3 is 1.20 bits per heavy atom. The van der Waals surface area contributed by atoms with E-state index in [4.69, 9.17) is 17.0 Å². The summed E-state index contributed by atoms with van der Waals surface area (Å²) in [5.74, 6) is 0. The van der Waals surface area contributed by atoms with E-state index in [1.165, 1.54) is 129 Å². The van der Waals surface area contributed by atoms with E-state index in [1.807, 2.05) is 0 Å². The van der Waals surface area contributed by atoms with Crippen LogP contribution in [-0.4, -0.2) is 9.52 Å². The van der Waals surface area contributed by atoms with E-state index >= 15 is 0 Å². The number of rotatable bonds is 14. The van der Waals surface area contributed by atoms with Crippen LogP contribution in [0, 0.1) is 0 Å². The molecule has 0 nitrogen and oxygen atoms in total. The Morgan fingerprint density at radius 2 is 0.870 bits per heavy atom. The SMILES string of the molecule is CCCCc1cc2c(-c3ccccc3CC)c(CCC)ccc2[cH-]1.CCCCc1cc2c(-c3ccccc3CC)c(CCC)ccc2[cH-]1.C[Si]C.[Cl][Zr+2][Cl]. The molecule has 0 heterocycles. The molecule has 0 saturated heterocycles. The van der Waals surface area contributed by atoms with Gasteiger partial charge < -0.3 is 0 Å². The summed E-state index contributed by atoms with van der Waals surface area (Å²) < 4.78 is 0. The van der Waals surface area contributed by atoms with Crippen LogP contribution in [0.1, 0.15) is 113 Å². The molecule has 286 valence electrons. The molecular weight excluding hydrogens is 791 g/mol. The van der Waals surface area contributed by atoms with Crippen LogP contribution in [0.3, 0.4) is 0 Å².